The van der Waals surface area contributed by atoms with Gasteiger partial charge in [-0.1, -0.05) is 0 Å². The average Bonchev–Trinajstić information content (AvgIpc) is 3.42. The largest absolute Gasteiger partial charge is 0.468 e. The zero-order valence-corrected chi connectivity index (χ0v) is 16.3. The minimum Gasteiger partial charge on any atom is -0.468 e. The summed E-state index contributed by atoms with van der Waals surface area (Å²) in [5.74, 6) is 2.80. The van der Waals surface area contributed by atoms with Crippen molar-refractivity contribution in [3.05, 3.63) is 6.07 Å². The summed E-state index contributed by atoms with van der Waals surface area (Å²) in [6.07, 6.45) is 4.92. The Kier molecular flexibility index (Phi) is 5.61. The van der Waals surface area contributed by atoms with Crippen LogP contribution in [0.4, 0.5) is 17.6 Å². The van der Waals surface area contributed by atoms with Crippen molar-refractivity contribution in [1.82, 2.24) is 14.9 Å². The number of methoxy groups -OCH3 is 1. The topological polar surface area (TPSA) is 65.0 Å². The van der Waals surface area contributed by atoms with E-state index >= 15 is 0 Å². The molecule has 8 heteroatoms. The van der Waals surface area contributed by atoms with Crippen molar-refractivity contribution in [2.24, 2.45) is 0 Å². The Balaban J connectivity index is 1.50. The fraction of sp³-hybridized carbons (Fsp3) is 0.737. The van der Waals surface area contributed by atoms with Crippen LogP contribution in [0.2, 0.25) is 0 Å². The highest BCUT2D eigenvalue weighted by Crippen LogP contribution is 2.27. The van der Waals surface area contributed by atoms with Gasteiger partial charge >= 0.3 is 5.97 Å². The summed E-state index contributed by atoms with van der Waals surface area (Å²) in [6.45, 7) is 8.07. The normalized spacial score (nSPS) is 21.1. The lowest BCUT2D eigenvalue weighted by Gasteiger charge is -2.35. The molecule has 0 amide bonds. The molecule has 3 aliphatic heterocycles. The van der Waals surface area contributed by atoms with Crippen molar-refractivity contribution >= 4 is 23.6 Å². The molecule has 0 bridgehead atoms. The molecule has 0 unspecified atom stereocenters. The summed E-state index contributed by atoms with van der Waals surface area (Å²) >= 11 is 0. The van der Waals surface area contributed by atoms with Crippen molar-refractivity contribution in [1.29, 1.82) is 0 Å². The summed E-state index contributed by atoms with van der Waals surface area (Å²) in [5.41, 5.74) is 0. The molecule has 1 aromatic heterocycles. The predicted molar refractivity (Wildman–Crippen MR) is 106 cm³/mol. The zero-order valence-electron chi connectivity index (χ0n) is 16.3. The molecule has 3 fully saturated rings. The summed E-state index contributed by atoms with van der Waals surface area (Å²) in [6, 6.07) is 2.15. The molecule has 3 saturated heterocycles. The number of aromatic nitrogens is 2. The highest BCUT2D eigenvalue weighted by Gasteiger charge is 2.24. The van der Waals surface area contributed by atoms with E-state index in [2.05, 4.69) is 25.7 Å². The molecule has 1 aromatic rings. The smallest absolute Gasteiger partial charge is 0.319 e. The Morgan fingerprint density at radius 2 is 1.37 bits per heavy atom. The van der Waals surface area contributed by atoms with Gasteiger partial charge in [0.05, 0.1) is 13.7 Å². The molecular formula is C19H30N6O2. The van der Waals surface area contributed by atoms with Gasteiger partial charge in [0.15, 0.2) is 0 Å². The van der Waals surface area contributed by atoms with E-state index in [1.54, 1.807) is 0 Å². The van der Waals surface area contributed by atoms with Gasteiger partial charge in [-0.3, -0.25) is 9.69 Å². The van der Waals surface area contributed by atoms with Gasteiger partial charge in [0, 0.05) is 58.4 Å². The first kappa shape index (κ1) is 18.3. The number of carbonyl (C=O) groups excluding carboxylic acids is 1. The quantitative estimate of drug-likeness (QED) is 0.707. The number of anilines is 3. The molecule has 3 aliphatic rings. The zero-order chi connectivity index (χ0) is 18.6. The van der Waals surface area contributed by atoms with Crippen LogP contribution in [0.25, 0.3) is 0 Å². The number of rotatable bonds is 5. The lowest BCUT2D eigenvalue weighted by Crippen LogP contribution is -2.48. The van der Waals surface area contributed by atoms with Gasteiger partial charge < -0.3 is 19.4 Å². The summed E-state index contributed by atoms with van der Waals surface area (Å²) in [7, 11) is 1.44. The predicted octanol–water partition coefficient (Wildman–Crippen LogP) is 0.972. The van der Waals surface area contributed by atoms with Gasteiger partial charge in [-0.2, -0.15) is 9.97 Å². The Morgan fingerprint density at radius 1 is 0.852 bits per heavy atom. The minimum atomic E-state index is -0.168. The third-order valence-electron chi connectivity index (χ3n) is 5.78. The van der Waals surface area contributed by atoms with Gasteiger partial charge in [0.2, 0.25) is 5.95 Å². The van der Waals surface area contributed by atoms with E-state index < -0.39 is 0 Å². The number of hydrogen-bond acceptors (Lipinski definition) is 8. The van der Waals surface area contributed by atoms with Crippen molar-refractivity contribution in [3.8, 4) is 0 Å². The van der Waals surface area contributed by atoms with E-state index in [1.807, 2.05) is 0 Å². The molecule has 8 nitrogen and oxygen atoms in total. The van der Waals surface area contributed by atoms with E-state index in [-0.39, 0.29) is 5.97 Å². The second kappa shape index (κ2) is 8.29. The van der Waals surface area contributed by atoms with E-state index in [9.17, 15) is 4.79 Å². The second-order valence-corrected chi connectivity index (χ2v) is 7.61. The van der Waals surface area contributed by atoms with Crippen molar-refractivity contribution < 1.29 is 9.53 Å². The molecular weight excluding hydrogens is 344 g/mol. The average molecular weight is 374 g/mol. The molecule has 4 rings (SSSR count). The van der Waals surface area contributed by atoms with Gasteiger partial charge in [-0.15, -0.1) is 0 Å². The van der Waals surface area contributed by atoms with Crippen LogP contribution in [0.15, 0.2) is 6.07 Å². The number of ether oxygens (including phenoxy) is 1. The van der Waals surface area contributed by atoms with Gasteiger partial charge in [0.25, 0.3) is 0 Å². The third kappa shape index (κ3) is 4.26. The lowest BCUT2D eigenvalue weighted by molar-refractivity contribution is -0.142. The minimum absolute atomic E-state index is 0.168. The molecule has 148 valence electrons. The van der Waals surface area contributed by atoms with Crippen LogP contribution in [0.3, 0.4) is 0 Å². The van der Waals surface area contributed by atoms with E-state index in [4.69, 9.17) is 14.7 Å². The van der Waals surface area contributed by atoms with Crippen LogP contribution >= 0.6 is 0 Å². The maximum absolute atomic E-state index is 11.5. The summed E-state index contributed by atoms with van der Waals surface area (Å²) < 4.78 is 4.78. The molecule has 4 heterocycles. The van der Waals surface area contributed by atoms with Crippen molar-refractivity contribution in [2.75, 3.05) is 80.7 Å². The van der Waals surface area contributed by atoms with E-state index in [0.717, 1.165) is 69.9 Å². The van der Waals surface area contributed by atoms with Crippen LogP contribution in [0, 0.1) is 0 Å². The molecule has 0 spiro atoms. The Labute approximate surface area is 161 Å². The molecule has 0 N–H and O–H groups in total. The van der Waals surface area contributed by atoms with E-state index in [0.29, 0.717) is 6.54 Å². The van der Waals surface area contributed by atoms with Gasteiger partial charge in [-0.25, -0.2) is 0 Å². The highest BCUT2D eigenvalue weighted by atomic mass is 16.5. The SMILES string of the molecule is COC(=O)CN1CCN(c2cc(N3CCCC3)nc(N3CCCC3)n2)CC1. The Morgan fingerprint density at radius 3 is 1.93 bits per heavy atom. The fourth-order valence-electron chi connectivity index (χ4n) is 4.12. The van der Waals surface area contributed by atoms with Crippen molar-refractivity contribution in [2.45, 2.75) is 25.7 Å². The number of piperazine rings is 1. The van der Waals surface area contributed by atoms with Crippen LogP contribution in [-0.2, 0) is 9.53 Å². The lowest BCUT2D eigenvalue weighted by atomic mass is 10.3. The monoisotopic (exact) mass is 374 g/mol. The summed E-state index contributed by atoms with van der Waals surface area (Å²) in [4.78, 5) is 30.5. The molecule has 27 heavy (non-hydrogen) atoms. The number of esters is 1. The van der Waals surface area contributed by atoms with Crippen LogP contribution in [-0.4, -0.2) is 86.8 Å². The summed E-state index contributed by atoms with van der Waals surface area (Å²) in [5, 5.41) is 0. The van der Waals surface area contributed by atoms with Crippen molar-refractivity contribution in [3.63, 3.8) is 0 Å². The second-order valence-electron chi connectivity index (χ2n) is 7.61. The van der Waals surface area contributed by atoms with Gasteiger partial charge in [-0.05, 0) is 25.7 Å². The number of carbonyl (C=O) groups is 1. The molecule has 0 radical (unpaired) electrons. The fourth-order valence-corrected chi connectivity index (χ4v) is 4.12. The standard InChI is InChI=1S/C19H30N6O2/c1-27-18(26)15-22-10-12-24(13-11-22)17-14-16(23-6-2-3-7-23)20-19(21-17)25-8-4-5-9-25/h14H,2-13,15H2,1H3. The number of nitrogens with zero attached hydrogens (tertiary/aromatic N) is 6. The first-order chi connectivity index (χ1) is 13.2. The molecule has 0 aromatic carbocycles. The van der Waals surface area contributed by atoms with Crippen LogP contribution < -0.4 is 14.7 Å². The maximum Gasteiger partial charge on any atom is 0.319 e. The van der Waals surface area contributed by atoms with E-state index in [1.165, 1.54) is 32.8 Å². The Bertz CT molecular complexity index is 615. The highest BCUT2D eigenvalue weighted by molar-refractivity contribution is 5.71. The molecule has 0 aliphatic carbocycles. The molecule has 0 saturated carbocycles. The maximum atomic E-state index is 11.5. The first-order valence-corrected chi connectivity index (χ1v) is 10.2. The first-order valence-electron chi connectivity index (χ1n) is 10.2. The van der Waals surface area contributed by atoms with Crippen LogP contribution in [0.5, 0.6) is 0 Å². The van der Waals surface area contributed by atoms with Gasteiger partial charge in [0.1, 0.15) is 11.6 Å². The third-order valence-corrected chi connectivity index (χ3v) is 5.78. The number of hydrogen-bond donors (Lipinski definition) is 0. The Hall–Kier alpha value is -2.09. The molecule has 0 atom stereocenters. The van der Waals surface area contributed by atoms with Crippen LogP contribution in [0.1, 0.15) is 25.7 Å².